The standard InChI is InChI=1S/C45H29N3S/c1-4-15-30(16-5-1)33-21-12-22-34(29-33)35-23-10-11-24-36(35)37-25-13-26-38-41-39(27-14-28-40(41)49-42(37)38)45-47-43(31-17-6-2-7-18-31)46-44(48-45)32-19-8-3-9-20-32/h1-29H. The molecule has 0 atom stereocenters. The zero-order valence-corrected chi connectivity index (χ0v) is 27.3. The molecule has 9 aromatic rings. The van der Waals surface area contributed by atoms with Crippen molar-refractivity contribution in [2.75, 3.05) is 0 Å². The summed E-state index contributed by atoms with van der Waals surface area (Å²) in [6, 6.07) is 61.6. The Morgan fingerprint density at radius 3 is 1.51 bits per heavy atom. The summed E-state index contributed by atoms with van der Waals surface area (Å²) in [5.74, 6) is 1.99. The Kier molecular flexibility index (Phi) is 7.34. The second-order valence-corrected chi connectivity index (χ2v) is 13.0. The highest BCUT2D eigenvalue weighted by Crippen LogP contribution is 2.45. The first kappa shape index (κ1) is 29.0. The summed E-state index contributed by atoms with van der Waals surface area (Å²) in [6.45, 7) is 0. The van der Waals surface area contributed by atoms with Gasteiger partial charge >= 0.3 is 0 Å². The molecule has 0 saturated heterocycles. The molecule has 9 rings (SSSR count). The number of benzene rings is 7. The average Bonchev–Trinajstić information content (AvgIpc) is 3.58. The number of rotatable bonds is 6. The molecule has 0 unspecified atom stereocenters. The number of aromatic nitrogens is 3. The van der Waals surface area contributed by atoms with Crippen molar-refractivity contribution in [3.63, 3.8) is 0 Å². The number of hydrogen-bond acceptors (Lipinski definition) is 4. The molecule has 0 bridgehead atoms. The van der Waals surface area contributed by atoms with Crippen LogP contribution in [0.5, 0.6) is 0 Å². The maximum absolute atomic E-state index is 5.09. The van der Waals surface area contributed by atoms with Crippen molar-refractivity contribution in [1.82, 2.24) is 15.0 Å². The Balaban J connectivity index is 1.23. The molecule has 0 aliphatic heterocycles. The Labute approximate surface area is 288 Å². The SMILES string of the molecule is c1ccc(-c2cccc(-c3ccccc3-c3cccc4c3sc3cccc(-c5nc(-c6ccccc6)nc(-c6ccccc6)n5)c34)c2)cc1. The molecule has 49 heavy (non-hydrogen) atoms. The van der Waals surface area contributed by atoms with E-state index >= 15 is 0 Å². The fourth-order valence-electron chi connectivity index (χ4n) is 6.64. The molecular formula is C45H29N3S. The van der Waals surface area contributed by atoms with Crippen LogP contribution in [0.4, 0.5) is 0 Å². The highest BCUT2D eigenvalue weighted by atomic mass is 32.1. The normalized spacial score (nSPS) is 11.3. The maximum atomic E-state index is 5.09. The molecular weight excluding hydrogens is 615 g/mol. The van der Waals surface area contributed by atoms with Crippen LogP contribution in [0.15, 0.2) is 176 Å². The second-order valence-electron chi connectivity index (χ2n) is 12.0. The smallest absolute Gasteiger partial charge is 0.164 e. The van der Waals surface area contributed by atoms with Crippen LogP contribution in [0.2, 0.25) is 0 Å². The van der Waals surface area contributed by atoms with Crippen LogP contribution in [-0.4, -0.2) is 15.0 Å². The van der Waals surface area contributed by atoms with E-state index in [1.807, 2.05) is 72.0 Å². The molecule has 7 aromatic carbocycles. The van der Waals surface area contributed by atoms with Gasteiger partial charge in [-0.2, -0.15) is 0 Å². The van der Waals surface area contributed by atoms with Gasteiger partial charge in [0.15, 0.2) is 17.5 Å². The van der Waals surface area contributed by atoms with E-state index in [-0.39, 0.29) is 0 Å². The third kappa shape index (κ3) is 5.38. The predicted octanol–water partition coefficient (Wildman–Crippen LogP) is 12.2. The lowest BCUT2D eigenvalue weighted by molar-refractivity contribution is 1.08. The van der Waals surface area contributed by atoms with E-state index in [1.54, 1.807) is 0 Å². The molecule has 0 aliphatic rings. The predicted molar refractivity (Wildman–Crippen MR) is 205 cm³/mol. The molecule has 0 N–H and O–H groups in total. The monoisotopic (exact) mass is 643 g/mol. The summed E-state index contributed by atoms with van der Waals surface area (Å²) >= 11 is 1.83. The van der Waals surface area contributed by atoms with E-state index in [4.69, 9.17) is 15.0 Å². The third-order valence-electron chi connectivity index (χ3n) is 8.96. The summed E-state index contributed by atoms with van der Waals surface area (Å²) < 4.78 is 2.45. The van der Waals surface area contributed by atoms with Crippen LogP contribution in [0.25, 0.3) is 87.7 Å². The maximum Gasteiger partial charge on any atom is 0.164 e. The Bertz CT molecular complexity index is 2540. The molecule has 230 valence electrons. The molecule has 3 nitrogen and oxygen atoms in total. The lowest BCUT2D eigenvalue weighted by Gasteiger charge is -2.13. The zero-order chi connectivity index (χ0) is 32.6. The third-order valence-corrected chi connectivity index (χ3v) is 10.2. The van der Waals surface area contributed by atoms with E-state index in [0.717, 1.165) is 22.1 Å². The van der Waals surface area contributed by atoms with E-state index in [0.29, 0.717) is 17.5 Å². The van der Waals surface area contributed by atoms with Gasteiger partial charge in [0, 0.05) is 42.4 Å². The minimum absolute atomic E-state index is 0.661. The van der Waals surface area contributed by atoms with Crippen molar-refractivity contribution in [3.05, 3.63) is 176 Å². The minimum Gasteiger partial charge on any atom is -0.208 e. The van der Waals surface area contributed by atoms with Crippen LogP contribution in [0.3, 0.4) is 0 Å². The van der Waals surface area contributed by atoms with E-state index in [9.17, 15) is 0 Å². The van der Waals surface area contributed by atoms with Crippen molar-refractivity contribution in [2.24, 2.45) is 0 Å². The van der Waals surface area contributed by atoms with Gasteiger partial charge in [-0.05, 0) is 39.9 Å². The Morgan fingerprint density at radius 2 is 0.816 bits per heavy atom. The van der Waals surface area contributed by atoms with Gasteiger partial charge in [-0.25, -0.2) is 15.0 Å². The van der Waals surface area contributed by atoms with Gasteiger partial charge in [-0.1, -0.05) is 164 Å². The molecule has 2 aromatic heterocycles. The summed E-state index contributed by atoms with van der Waals surface area (Å²) in [4.78, 5) is 15.1. The highest BCUT2D eigenvalue weighted by molar-refractivity contribution is 7.26. The van der Waals surface area contributed by atoms with Gasteiger partial charge in [0.2, 0.25) is 0 Å². The number of fused-ring (bicyclic) bond motifs is 3. The minimum atomic E-state index is 0.661. The molecule has 4 heteroatoms. The van der Waals surface area contributed by atoms with Gasteiger partial charge in [0.1, 0.15) is 0 Å². The molecule has 0 amide bonds. The Hall–Kier alpha value is -6.23. The van der Waals surface area contributed by atoms with Crippen molar-refractivity contribution in [2.45, 2.75) is 0 Å². The molecule has 2 heterocycles. The van der Waals surface area contributed by atoms with Crippen molar-refractivity contribution < 1.29 is 0 Å². The fourth-order valence-corrected chi connectivity index (χ4v) is 7.90. The first-order valence-corrected chi connectivity index (χ1v) is 17.2. The van der Waals surface area contributed by atoms with Crippen LogP contribution in [-0.2, 0) is 0 Å². The first-order valence-electron chi connectivity index (χ1n) is 16.4. The van der Waals surface area contributed by atoms with E-state index < -0.39 is 0 Å². The Morgan fingerprint density at radius 1 is 0.327 bits per heavy atom. The first-order chi connectivity index (χ1) is 24.3. The second kappa shape index (κ2) is 12.4. The van der Waals surface area contributed by atoms with E-state index in [2.05, 4.69) is 115 Å². The summed E-state index contributed by atoms with van der Waals surface area (Å²) in [5, 5.41) is 2.36. The van der Waals surface area contributed by atoms with Crippen LogP contribution in [0.1, 0.15) is 0 Å². The van der Waals surface area contributed by atoms with Crippen LogP contribution < -0.4 is 0 Å². The fraction of sp³-hybridized carbons (Fsp3) is 0. The zero-order valence-electron chi connectivity index (χ0n) is 26.5. The quantitative estimate of drug-likeness (QED) is 0.181. The largest absolute Gasteiger partial charge is 0.208 e. The topological polar surface area (TPSA) is 38.7 Å². The number of hydrogen-bond donors (Lipinski definition) is 0. The summed E-state index contributed by atoms with van der Waals surface area (Å²) in [5.41, 5.74) is 10.2. The van der Waals surface area contributed by atoms with Gasteiger partial charge in [0.25, 0.3) is 0 Å². The molecule has 0 saturated carbocycles. The summed E-state index contributed by atoms with van der Waals surface area (Å²) in [7, 11) is 0. The van der Waals surface area contributed by atoms with Gasteiger partial charge in [0.05, 0.1) is 0 Å². The van der Waals surface area contributed by atoms with Crippen molar-refractivity contribution >= 4 is 31.5 Å². The average molecular weight is 644 g/mol. The highest BCUT2D eigenvalue weighted by Gasteiger charge is 2.19. The number of nitrogens with zero attached hydrogens (tertiary/aromatic N) is 3. The molecule has 0 aliphatic carbocycles. The lowest BCUT2D eigenvalue weighted by Crippen LogP contribution is -2.00. The summed E-state index contributed by atoms with van der Waals surface area (Å²) in [6.07, 6.45) is 0. The van der Waals surface area contributed by atoms with Crippen molar-refractivity contribution in [3.8, 4) is 67.5 Å². The molecule has 0 radical (unpaired) electrons. The van der Waals surface area contributed by atoms with Gasteiger partial charge < -0.3 is 0 Å². The lowest BCUT2D eigenvalue weighted by atomic mass is 9.92. The van der Waals surface area contributed by atoms with Crippen molar-refractivity contribution in [1.29, 1.82) is 0 Å². The number of thiophene rings is 1. The van der Waals surface area contributed by atoms with Gasteiger partial charge in [-0.15, -0.1) is 11.3 Å². The van der Waals surface area contributed by atoms with Crippen LogP contribution in [0, 0.1) is 0 Å². The molecule has 0 fully saturated rings. The van der Waals surface area contributed by atoms with E-state index in [1.165, 1.54) is 48.2 Å². The van der Waals surface area contributed by atoms with Crippen LogP contribution >= 0.6 is 11.3 Å². The molecule has 0 spiro atoms. The van der Waals surface area contributed by atoms with Gasteiger partial charge in [-0.3, -0.25) is 0 Å².